The molecule has 86 valence electrons. The third-order valence-electron chi connectivity index (χ3n) is 2.35. The van der Waals surface area contributed by atoms with Crippen LogP contribution in [0.15, 0.2) is 18.3 Å². The highest BCUT2D eigenvalue weighted by molar-refractivity contribution is 5.40. The summed E-state index contributed by atoms with van der Waals surface area (Å²) in [5, 5.41) is 6.63. The monoisotopic (exact) mass is 229 g/mol. The van der Waals surface area contributed by atoms with Gasteiger partial charge in [0.15, 0.2) is 5.65 Å². The van der Waals surface area contributed by atoms with Gasteiger partial charge in [-0.3, -0.25) is 4.40 Å². The predicted octanol–water partition coefficient (Wildman–Crippen LogP) is 2.87. The van der Waals surface area contributed by atoms with Crippen LogP contribution in [0, 0.1) is 0 Å². The van der Waals surface area contributed by atoms with Crippen molar-refractivity contribution < 1.29 is 13.2 Å². The van der Waals surface area contributed by atoms with Crippen LogP contribution in [0.2, 0.25) is 0 Å². The molecule has 3 nitrogen and oxygen atoms in total. The molecule has 0 atom stereocenters. The second-order valence-electron chi connectivity index (χ2n) is 3.87. The second kappa shape index (κ2) is 3.47. The second-order valence-corrected chi connectivity index (χ2v) is 3.87. The van der Waals surface area contributed by atoms with Gasteiger partial charge in [0.25, 0.3) is 0 Å². The molecule has 0 aromatic carbocycles. The molecule has 0 saturated carbocycles. The Morgan fingerprint density at radius 1 is 1.19 bits per heavy atom. The molecule has 0 spiro atoms. The van der Waals surface area contributed by atoms with E-state index < -0.39 is 12.0 Å². The maximum atomic E-state index is 12.6. The Hall–Kier alpha value is -1.59. The minimum atomic E-state index is -4.48. The predicted molar refractivity (Wildman–Crippen MR) is 52.1 cm³/mol. The van der Waals surface area contributed by atoms with Gasteiger partial charge in [0.05, 0.1) is 0 Å². The Kier molecular flexibility index (Phi) is 2.36. The molecule has 2 aromatic heterocycles. The molecule has 2 aromatic rings. The Bertz CT molecular complexity index is 513. The van der Waals surface area contributed by atoms with E-state index in [0.29, 0.717) is 0 Å². The van der Waals surface area contributed by atoms with Crippen LogP contribution in [0.1, 0.15) is 31.2 Å². The Morgan fingerprint density at radius 2 is 1.88 bits per heavy atom. The SMILES string of the molecule is CC(C)c1ccc2nnc(C(F)(F)F)n2c1. The summed E-state index contributed by atoms with van der Waals surface area (Å²) in [4.78, 5) is 0. The zero-order chi connectivity index (χ0) is 11.9. The lowest BCUT2D eigenvalue weighted by atomic mass is 10.1. The maximum Gasteiger partial charge on any atom is 0.452 e. The Morgan fingerprint density at radius 3 is 2.44 bits per heavy atom. The van der Waals surface area contributed by atoms with Crippen molar-refractivity contribution in [2.75, 3.05) is 0 Å². The van der Waals surface area contributed by atoms with Crippen molar-refractivity contribution in [3.8, 4) is 0 Å². The number of pyridine rings is 1. The van der Waals surface area contributed by atoms with Gasteiger partial charge >= 0.3 is 6.18 Å². The van der Waals surface area contributed by atoms with Gasteiger partial charge in [-0.1, -0.05) is 19.9 Å². The molecule has 0 fully saturated rings. The van der Waals surface area contributed by atoms with Gasteiger partial charge in [-0.15, -0.1) is 10.2 Å². The van der Waals surface area contributed by atoms with Gasteiger partial charge < -0.3 is 0 Å². The van der Waals surface area contributed by atoms with Gasteiger partial charge in [-0.05, 0) is 17.5 Å². The average molecular weight is 229 g/mol. The summed E-state index contributed by atoms with van der Waals surface area (Å²) in [6.45, 7) is 3.83. The van der Waals surface area contributed by atoms with E-state index in [0.717, 1.165) is 9.96 Å². The quantitative estimate of drug-likeness (QED) is 0.752. The molecule has 6 heteroatoms. The normalized spacial score (nSPS) is 12.6. The number of hydrogen-bond donors (Lipinski definition) is 0. The molecular formula is C10H10F3N3. The van der Waals surface area contributed by atoms with E-state index in [-0.39, 0.29) is 11.6 Å². The number of fused-ring (bicyclic) bond motifs is 1. The lowest BCUT2D eigenvalue weighted by Gasteiger charge is -2.07. The van der Waals surface area contributed by atoms with Crippen molar-refractivity contribution in [2.24, 2.45) is 0 Å². The van der Waals surface area contributed by atoms with Crippen LogP contribution < -0.4 is 0 Å². The first-order valence-corrected chi connectivity index (χ1v) is 4.81. The minimum Gasteiger partial charge on any atom is -0.279 e. The standard InChI is InChI=1S/C10H10F3N3/c1-6(2)7-3-4-8-14-15-9(10(11,12)13)16(8)5-7/h3-6H,1-2H3. The maximum absolute atomic E-state index is 12.6. The topological polar surface area (TPSA) is 30.2 Å². The summed E-state index contributed by atoms with van der Waals surface area (Å²) < 4.78 is 38.7. The zero-order valence-electron chi connectivity index (χ0n) is 8.78. The largest absolute Gasteiger partial charge is 0.452 e. The van der Waals surface area contributed by atoms with Crippen molar-refractivity contribution in [3.63, 3.8) is 0 Å². The first-order chi connectivity index (χ1) is 7.39. The summed E-state index contributed by atoms with van der Waals surface area (Å²) in [5.41, 5.74) is 1.02. The highest BCUT2D eigenvalue weighted by Crippen LogP contribution is 2.28. The minimum absolute atomic E-state index is 0.160. The molecule has 0 amide bonds. The first kappa shape index (κ1) is 10.9. The average Bonchev–Trinajstić information content (AvgIpc) is 2.58. The molecule has 0 aliphatic carbocycles. The van der Waals surface area contributed by atoms with Crippen LogP contribution in [0.3, 0.4) is 0 Å². The van der Waals surface area contributed by atoms with Crippen LogP contribution in [-0.2, 0) is 6.18 Å². The third kappa shape index (κ3) is 1.75. The first-order valence-electron chi connectivity index (χ1n) is 4.81. The van der Waals surface area contributed by atoms with E-state index in [9.17, 15) is 13.2 Å². The summed E-state index contributed by atoms with van der Waals surface area (Å²) >= 11 is 0. The number of rotatable bonds is 1. The third-order valence-corrected chi connectivity index (χ3v) is 2.35. The molecule has 2 rings (SSSR count). The van der Waals surface area contributed by atoms with E-state index >= 15 is 0 Å². The number of nitrogens with zero attached hydrogens (tertiary/aromatic N) is 3. The molecule has 0 aliphatic heterocycles. The lowest BCUT2D eigenvalue weighted by molar-refractivity contribution is -0.145. The van der Waals surface area contributed by atoms with E-state index in [1.54, 1.807) is 6.07 Å². The van der Waals surface area contributed by atoms with Gasteiger partial charge in [0.2, 0.25) is 5.82 Å². The highest BCUT2D eigenvalue weighted by Gasteiger charge is 2.36. The number of alkyl halides is 3. The fourth-order valence-electron chi connectivity index (χ4n) is 1.44. The van der Waals surface area contributed by atoms with Crippen molar-refractivity contribution in [2.45, 2.75) is 25.9 Å². The Balaban J connectivity index is 2.65. The van der Waals surface area contributed by atoms with Crippen molar-refractivity contribution in [1.29, 1.82) is 0 Å². The summed E-state index contributed by atoms with van der Waals surface area (Å²) in [7, 11) is 0. The molecule has 0 radical (unpaired) electrons. The number of halogens is 3. The van der Waals surface area contributed by atoms with Crippen molar-refractivity contribution in [1.82, 2.24) is 14.6 Å². The van der Waals surface area contributed by atoms with Crippen molar-refractivity contribution >= 4 is 5.65 Å². The molecule has 0 bridgehead atoms. The van der Waals surface area contributed by atoms with E-state index in [4.69, 9.17) is 0 Å². The van der Waals surface area contributed by atoms with Crippen LogP contribution in [-0.4, -0.2) is 14.6 Å². The van der Waals surface area contributed by atoms with Gasteiger partial charge in [-0.25, -0.2) is 0 Å². The molecule has 0 unspecified atom stereocenters. The Labute approximate surface area is 89.9 Å². The summed E-state index contributed by atoms with van der Waals surface area (Å²) in [5.74, 6) is -0.821. The van der Waals surface area contributed by atoms with Gasteiger partial charge in [-0.2, -0.15) is 13.2 Å². The van der Waals surface area contributed by atoms with Crippen LogP contribution in [0.25, 0.3) is 5.65 Å². The molecule has 0 N–H and O–H groups in total. The fourth-order valence-corrected chi connectivity index (χ4v) is 1.44. The molecular weight excluding hydrogens is 219 g/mol. The highest BCUT2D eigenvalue weighted by atomic mass is 19.4. The molecule has 16 heavy (non-hydrogen) atoms. The molecule has 0 saturated heterocycles. The number of aromatic nitrogens is 3. The van der Waals surface area contributed by atoms with Crippen LogP contribution in [0.4, 0.5) is 13.2 Å². The van der Waals surface area contributed by atoms with Crippen LogP contribution in [0.5, 0.6) is 0 Å². The zero-order valence-corrected chi connectivity index (χ0v) is 8.78. The fraction of sp³-hybridized carbons (Fsp3) is 0.400. The van der Waals surface area contributed by atoms with Gasteiger partial charge in [0.1, 0.15) is 0 Å². The van der Waals surface area contributed by atoms with Crippen molar-refractivity contribution in [3.05, 3.63) is 29.7 Å². The van der Waals surface area contributed by atoms with Crippen LogP contribution >= 0.6 is 0 Å². The summed E-state index contributed by atoms with van der Waals surface area (Å²) in [6, 6.07) is 3.30. The van der Waals surface area contributed by atoms with E-state index in [1.165, 1.54) is 12.3 Å². The smallest absolute Gasteiger partial charge is 0.279 e. The molecule has 0 aliphatic rings. The van der Waals surface area contributed by atoms with E-state index in [1.807, 2.05) is 13.8 Å². The van der Waals surface area contributed by atoms with Gasteiger partial charge in [0, 0.05) is 6.20 Å². The number of hydrogen-bond acceptors (Lipinski definition) is 2. The molecule has 2 heterocycles. The van der Waals surface area contributed by atoms with E-state index in [2.05, 4.69) is 10.2 Å². The summed E-state index contributed by atoms with van der Waals surface area (Å²) in [6.07, 6.45) is -3.04. The lowest BCUT2D eigenvalue weighted by Crippen LogP contribution is -2.11.